The lowest BCUT2D eigenvalue weighted by Crippen LogP contribution is -2.48. The van der Waals surface area contributed by atoms with Crippen LogP contribution in [0.25, 0.3) is 0 Å². The minimum atomic E-state index is 0.255. The third-order valence-electron chi connectivity index (χ3n) is 5.12. The van der Waals surface area contributed by atoms with Crippen LogP contribution in [0.5, 0.6) is 0 Å². The van der Waals surface area contributed by atoms with Crippen molar-refractivity contribution in [2.24, 2.45) is 4.99 Å². The van der Waals surface area contributed by atoms with Crippen LogP contribution in [0.15, 0.2) is 4.99 Å². The number of carbonyl (C=O) groups is 1. The van der Waals surface area contributed by atoms with Crippen molar-refractivity contribution in [3.63, 3.8) is 0 Å². The average molecular weight is 339 g/mol. The molecule has 0 saturated carbocycles. The third-order valence-corrected chi connectivity index (χ3v) is 6.37. The first-order chi connectivity index (χ1) is 10.9. The number of amidine groups is 1. The van der Waals surface area contributed by atoms with Crippen molar-refractivity contribution in [1.29, 1.82) is 0 Å². The maximum atomic E-state index is 12.3. The molecule has 5 nitrogen and oxygen atoms in total. The predicted octanol–water partition coefficient (Wildman–Crippen LogP) is 1.89. The van der Waals surface area contributed by atoms with Gasteiger partial charge < -0.3 is 9.80 Å². The Bertz CT molecular complexity index is 471. The molecule has 1 atom stereocenters. The van der Waals surface area contributed by atoms with Crippen LogP contribution in [-0.2, 0) is 4.79 Å². The molecule has 0 aromatic rings. The largest absolute Gasteiger partial charge is 0.349 e. The summed E-state index contributed by atoms with van der Waals surface area (Å²) >= 11 is 1.91. The molecule has 0 aliphatic carbocycles. The summed E-state index contributed by atoms with van der Waals surface area (Å²) in [5, 5.41) is 1.22. The first kappa shape index (κ1) is 17.1. The van der Waals surface area contributed by atoms with Crippen molar-refractivity contribution in [2.45, 2.75) is 50.8 Å². The molecule has 0 bridgehead atoms. The fourth-order valence-electron chi connectivity index (χ4n) is 3.60. The Balaban J connectivity index is 1.39. The predicted molar refractivity (Wildman–Crippen MR) is 97.0 cm³/mol. The Morgan fingerprint density at radius 3 is 2.57 bits per heavy atom. The highest BCUT2D eigenvalue weighted by molar-refractivity contribution is 8.15. The summed E-state index contributed by atoms with van der Waals surface area (Å²) in [4.78, 5) is 23.9. The van der Waals surface area contributed by atoms with Crippen molar-refractivity contribution in [3.8, 4) is 0 Å². The summed E-state index contributed by atoms with van der Waals surface area (Å²) in [7, 11) is 0. The van der Waals surface area contributed by atoms with Gasteiger partial charge in [-0.1, -0.05) is 11.8 Å². The second-order valence-corrected chi connectivity index (χ2v) is 9.29. The van der Waals surface area contributed by atoms with Gasteiger partial charge in [-0.05, 0) is 33.6 Å². The fraction of sp³-hybridized carbons (Fsp3) is 0.882. The standard InChI is InChI=1S/C17H30N4OS/c1-14-5-4-7-21(14)15(22)6-8-19-9-11-20(12-10-19)16-18-13-17(2,3)23-16/h14H,4-13H2,1-3H3/t14-/m0/s1. The van der Waals surface area contributed by atoms with E-state index in [1.54, 1.807) is 0 Å². The van der Waals surface area contributed by atoms with Crippen molar-refractivity contribution in [2.75, 3.05) is 45.8 Å². The second kappa shape index (κ2) is 7.01. The van der Waals surface area contributed by atoms with E-state index in [1.165, 1.54) is 18.0 Å². The monoisotopic (exact) mass is 338 g/mol. The van der Waals surface area contributed by atoms with Crippen molar-refractivity contribution >= 4 is 22.8 Å². The SMILES string of the molecule is C[C@H]1CCCN1C(=O)CCN1CCN(C2=NCC(C)(C)S2)CC1. The number of piperazine rings is 1. The molecule has 0 N–H and O–H groups in total. The molecule has 0 radical (unpaired) electrons. The van der Waals surface area contributed by atoms with Gasteiger partial charge in [0.15, 0.2) is 5.17 Å². The number of nitrogens with zero attached hydrogens (tertiary/aromatic N) is 4. The van der Waals surface area contributed by atoms with Crippen molar-refractivity contribution in [3.05, 3.63) is 0 Å². The van der Waals surface area contributed by atoms with Crippen LogP contribution in [-0.4, -0.2) is 82.4 Å². The van der Waals surface area contributed by atoms with Crippen LogP contribution < -0.4 is 0 Å². The molecule has 0 unspecified atom stereocenters. The lowest BCUT2D eigenvalue weighted by molar-refractivity contribution is -0.132. The van der Waals surface area contributed by atoms with Crippen LogP contribution in [0.3, 0.4) is 0 Å². The molecule has 1 amide bonds. The van der Waals surface area contributed by atoms with Crippen LogP contribution >= 0.6 is 11.8 Å². The molecule has 23 heavy (non-hydrogen) atoms. The Labute approximate surface area is 144 Å². The smallest absolute Gasteiger partial charge is 0.224 e. The van der Waals surface area contributed by atoms with Crippen LogP contribution in [0, 0.1) is 0 Å². The van der Waals surface area contributed by atoms with Gasteiger partial charge in [-0.3, -0.25) is 14.7 Å². The average Bonchev–Trinajstić information content (AvgIpc) is 3.11. The fourth-order valence-corrected chi connectivity index (χ4v) is 4.66. The van der Waals surface area contributed by atoms with Crippen molar-refractivity contribution in [1.82, 2.24) is 14.7 Å². The highest BCUT2D eigenvalue weighted by atomic mass is 32.2. The first-order valence-electron chi connectivity index (χ1n) is 8.95. The van der Waals surface area contributed by atoms with E-state index in [9.17, 15) is 4.79 Å². The Hall–Kier alpha value is -0.750. The Morgan fingerprint density at radius 2 is 2.00 bits per heavy atom. The second-order valence-electron chi connectivity index (χ2n) is 7.62. The highest BCUT2D eigenvalue weighted by Crippen LogP contribution is 2.33. The van der Waals surface area contributed by atoms with Gasteiger partial charge in [0.05, 0.1) is 6.54 Å². The molecular weight excluding hydrogens is 308 g/mol. The van der Waals surface area contributed by atoms with E-state index in [2.05, 4.69) is 35.5 Å². The first-order valence-corrected chi connectivity index (χ1v) is 9.76. The number of amides is 1. The molecule has 3 aliphatic rings. The minimum Gasteiger partial charge on any atom is -0.349 e. The molecule has 6 heteroatoms. The molecule has 3 heterocycles. The van der Waals surface area contributed by atoms with Gasteiger partial charge in [0.1, 0.15) is 0 Å². The minimum absolute atomic E-state index is 0.255. The normalized spacial score (nSPS) is 28.3. The van der Waals surface area contributed by atoms with E-state index in [0.29, 0.717) is 18.4 Å². The number of likely N-dealkylation sites (tertiary alicyclic amines) is 1. The summed E-state index contributed by atoms with van der Waals surface area (Å²) in [6.45, 7) is 13.6. The van der Waals surface area contributed by atoms with Gasteiger partial charge in [0.25, 0.3) is 0 Å². The number of aliphatic imine (C=N–C) groups is 1. The van der Waals surface area contributed by atoms with Crippen molar-refractivity contribution < 1.29 is 4.79 Å². The quantitative estimate of drug-likeness (QED) is 0.788. The van der Waals surface area contributed by atoms with Crippen LogP contribution in [0.1, 0.15) is 40.0 Å². The molecule has 3 rings (SSSR count). The van der Waals surface area contributed by atoms with E-state index in [-0.39, 0.29) is 4.75 Å². The summed E-state index contributed by atoms with van der Waals surface area (Å²) in [5.74, 6) is 0.343. The topological polar surface area (TPSA) is 39.2 Å². The van der Waals surface area contributed by atoms with E-state index < -0.39 is 0 Å². The van der Waals surface area contributed by atoms with Gasteiger partial charge >= 0.3 is 0 Å². The number of thioether (sulfide) groups is 1. The molecular formula is C17H30N4OS. The summed E-state index contributed by atoms with van der Waals surface area (Å²) in [6, 6.07) is 0.445. The molecule has 0 spiro atoms. The number of carbonyl (C=O) groups excluding carboxylic acids is 1. The third kappa shape index (κ3) is 4.21. The van der Waals surface area contributed by atoms with Gasteiger partial charge in [-0.25, -0.2) is 0 Å². The van der Waals surface area contributed by atoms with Gasteiger partial charge in [0.2, 0.25) is 5.91 Å². The maximum Gasteiger partial charge on any atom is 0.224 e. The zero-order valence-corrected chi connectivity index (χ0v) is 15.6. The van der Waals surface area contributed by atoms with E-state index in [1.807, 2.05) is 11.8 Å². The zero-order valence-electron chi connectivity index (χ0n) is 14.8. The maximum absolute atomic E-state index is 12.3. The van der Waals surface area contributed by atoms with E-state index >= 15 is 0 Å². The molecule has 2 fully saturated rings. The summed E-state index contributed by atoms with van der Waals surface area (Å²) in [6.07, 6.45) is 3.01. The van der Waals surface area contributed by atoms with Gasteiger partial charge in [-0.15, -0.1) is 0 Å². The molecule has 2 saturated heterocycles. The number of rotatable bonds is 3. The summed E-state index contributed by atoms with van der Waals surface area (Å²) in [5.41, 5.74) is 0. The summed E-state index contributed by atoms with van der Waals surface area (Å²) < 4.78 is 0.255. The van der Waals surface area contributed by atoms with E-state index in [4.69, 9.17) is 4.99 Å². The lowest BCUT2D eigenvalue weighted by Gasteiger charge is -2.36. The zero-order chi connectivity index (χ0) is 16.4. The van der Waals surface area contributed by atoms with Gasteiger partial charge in [0, 0.05) is 56.5 Å². The molecule has 0 aromatic carbocycles. The lowest BCUT2D eigenvalue weighted by atomic mass is 10.2. The number of hydrogen-bond acceptors (Lipinski definition) is 5. The van der Waals surface area contributed by atoms with Crippen LogP contribution in [0.4, 0.5) is 0 Å². The number of hydrogen-bond donors (Lipinski definition) is 0. The van der Waals surface area contributed by atoms with Gasteiger partial charge in [-0.2, -0.15) is 0 Å². The van der Waals surface area contributed by atoms with E-state index in [0.717, 1.165) is 45.8 Å². The Kier molecular flexibility index (Phi) is 5.21. The molecule has 130 valence electrons. The highest BCUT2D eigenvalue weighted by Gasteiger charge is 2.32. The van der Waals surface area contributed by atoms with Crippen LogP contribution in [0.2, 0.25) is 0 Å². The molecule has 3 aliphatic heterocycles. The Morgan fingerprint density at radius 1 is 1.26 bits per heavy atom. The molecule has 0 aromatic heterocycles.